The van der Waals surface area contributed by atoms with Crippen LogP contribution in [0.2, 0.25) is 0 Å². The first-order chi connectivity index (χ1) is 7.45. The molecule has 0 aromatic rings. The Morgan fingerprint density at radius 1 is 1.12 bits per heavy atom. The van der Waals surface area contributed by atoms with E-state index in [2.05, 4.69) is 12.2 Å². The average molecular weight is 229 g/mol. The highest BCUT2D eigenvalue weighted by molar-refractivity contribution is 5.69. The number of esters is 1. The molecule has 0 atom stereocenters. The molecule has 0 rings (SSSR count). The van der Waals surface area contributed by atoms with Crippen molar-refractivity contribution in [3.05, 3.63) is 0 Å². The number of hydrogen-bond acceptors (Lipinski definition) is 3. The SMILES string of the molecule is CCCNCCCCCC(=O)OC(C)(C)C. The van der Waals surface area contributed by atoms with Crippen molar-refractivity contribution in [2.75, 3.05) is 13.1 Å². The fraction of sp³-hybridized carbons (Fsp3) is 0.923. The molecule has 0 saturated carbocycles. The Hall–Kier alpha value is -0.570. The van der Waals surface area contributed by atoms with Gasteiger partial charge in [-0.15, -0.1) is 0 Å². The monoisotopic (exact) mass is 229 g/mol. The van der Waals surface area contributed by atoms with Gasteiger partial charge in [0.2, 0.25) is 0 Å². The second-order valence-corrected chi connectivity index (χ2v) is 5.15. The third-order valence-corrected chi connectivity index (χ3v) is 2.08. The Morgan fingerprint density at radius 3 is 2.38 bits per heavy atom. The molecule has 1 N–H and O–H groups in total. The van der Waals surface area contributed by atoms with E-state index in [1.807, 2.05) is 20.8 Å². The second-order valence-electron chi connectivity index (χ2n) is 5.15. The van der Waals surface area contributed by atoms with Gasteiger partial charge < -0.3 is 10.1 Å². The van der Waals surface area contributed by atoms with E-state index in [1.54, 1.807) is 0 Å². The molecule has 0 fully saturated rings. The topological polar surface area (TPSA) is 38.3 Å². The van der Waals surface area contributed by atoms with Crippen molar-refractivity contribution in [1.82, 2.24) is 5.32 Å². The van der Waals surface area contributed by atoms with Gasteiger partial charge in [0.05, 0.1) is 0 Å². The summed E-state index contributed by atoms with van der Waals surface area (Å²) in [6, 6.07) is 0. The molecule has 0 saturated heterocycles. The minimum absolute atomic E-state index is 0.0750. The molecule has 0 amide bonds. The number of ether oxygens (including phenoxy) is 1. The highest BCUT2D eigenvalue weighted by Crippen LogP contribution is 2.10. The van der Waals surface area contributed by atoms with E-state index in [0.29, 0.717) is 6.42 Å². The predicted molar refractivity (Wildman–Crippen MR) is 67.5 cm³/mol. The number of hydrogen-bond donors (Lipinski definition) is 1. The van der Waals surface area contributed by atoms with E-state index < -0.39 is 0 Å². The Balaban J connectivity index is 3.28. The van der Waals surface area contributed by atoms with Crippen molar-refractivity contribution in [1.29, 1.82) is 0 Å². The quantitative estimate of drug-likeness (QED) is 0.514. The van der Waals surface area contributed by atoms with Gasteiger partial charge in [0.1, 0.15) is 5.60 Å². The molecule has 0 aromatic heterocycles. The molecule has 3 nitrogen and oxygen atoms in total. The number of rotatable bonds is 8. The number of carbonyl (C=O) groups excluding carboxylic acids is 1. The van der Waals surface area contributed by atoms with Crippen LogP contribution in [0.15, 0.2) is 0 Å². The average Bonchev–Trinajstić information content (AvgIpc) is 2.13. The van der Waals surface area contributed by atoms with Gasteiger partial charge in [-0.3, -0.25) is 4.79 Å². The molecule has 16 heavy (non-hydrogen) atoms. The minimum atomic E-state index is -0.347. The minimum Gasteiger partial charge on any atom is -0.460 e. The lowest BCUT2D eigenvalue weighted by molar-refractivity contribution is -0.154. The van der Waals surface area contributed by atoms with E-state index >= 15 is 0 Å². The molecule has 0 radical (unpaired) electrons. The summed E-state index contributed by atoms with van der Waals surface area (Å²) in [5, 5.41) is 3.35. The highest BCUT2D eigenvalue weighted by Gasteiger charge is 2.15. The van der Waals surface area contributed by atoms with Gasteiger partial charge in [-0.1, -0.05) is 13.3 Å². The molecule has 3 heteroatoms. The third-order valence-electron chi connectivity index (χ3n) is 2.08. The van der Waals surface area contributed by atoms with Crippen molar-refractivity contribution < 1.29 is 9.53 Å². The van der Waals surface area contributed by atoms with E-state index in [9.17, 15) is 4.79 Å². The first kappa shape index (κ1) is 15.4. The van der Waals surface area contributed by atoms with Crippen molar-refractivity contribution in [3.63, 3.8) is 0 Å². The van der Waals surface area contributed by atoms with E-state index in [-0.39, 0.29) is 11.6 Å². The number of nitrogens with one attached hydrogen (secondary N) is 1. The Bertz CT molecular complexity index is 185. The summed E-state index contributed by atoms with van der Waals surface area (Å²) >= 11 is 0. The molecule has 96 valence electrons. The van der Waals surface area contributed by atoms with Gasteiger partial charge in [-0.25, -0.2) is 0 Å². The van der Waals surface area contributed by atoms with Crippen LogP contribution in [-0.4, -0.2) is 24.7 Å². The largest absolute Gasteiger partial charge is 0.460 e. The van der Waals surface area contributed by atoms with Crippen LogP contribution in [0.1, 0.15) is 59.8 Å². The molecule has 0 aliphatic rings. The lowest BCUT2D eigenvalue weighted by atomic mass is 10.1. The zero-order chi connectivity index (χ0) is 12.4. The smallest absolute Gasteiger partial charge is 0.306 e. The van der Waals surface area contributed by atoms with E-state index in [4.69, 9.17) is 4.74 Å². The molecule has 0 aliphatic heterocycles. The summed E-state index contributed by atoms with van der Waals surface area (Å²) in [5.74, 6) is -0.0750. The van der Waals surface area contributed by atoms with Crippen LogP contribution in [0.4, 0.5) is 0 Å². The Labute approximate surface area is 99.9 Å². The summed E-state index contributed by atoms with van der Waals surface area (Å²) in [7, 11) is 0. The fourth-order valence-electron chi connectivity index (χ4n) is 1.39. The van der Waals surface area contributed by atoms with E-state index in [0.717, 1.165) is 32.4 Å². The van der Waals surface area contributed by atoms with Gasteiger partial charge in [-0.05, 0) is 53.1 Å². The normalized spacial score (nSPS) is 11.5. The first-order valence-electron chi connectivity index (χ1n) is 6.38. The molecular weight excluding hydrogens is 202 g/mol. The van der Waals surface area contributed by atoms with E-state index in [1.165, 1.54) is 6.42 Å². The van der Waals surface area contributed by atoms with Crippen LogP contribution >= 0.6 is 0 Å². The summed E-state index contributed by atoms with van der Waals surface area (Å²) in [6.07, 6.45) is 4.89. The molecule has 0 bridgehead atoms. The molecule has 0 spiro atoms. The summed E-state index contributed by atoms with van der Waals surface area (Å²) in [5.41, 5.74) is -0.347. The van der Waals surface area contributed by atoms with Gasteiger partial charge in [0, 0.05) is 6.42 Å². The van der Waals surface area contributed by atoms with Gasteiger partial charge in [-0.2, -0.15) is 0 Å². The maximum Gasteiger partial charge on any atom is 0.306 e. The Morgan fingerprint density at radius 2 is 1.81 bits per heavy atom. The maximum absolute atomic E-state index is 11.4. The summed E-state index contributed by atoms with van der Waals surface area (Å²) in [4.78, 5) is 11.4. The zero-order valence-electron chi connectivity index (χ0n) is 11.3. The van der Waals surface area contributed by atoms with Crippen molar-refractivity contribution in [2.45, 2.75) is 65.4 Å². The predicted octanol–water partition coefficient (Wildman–Crippen LogP) is 2.89. The number of unbranched alkanes of at least 4 members (excludes halogenated alkanes) is 2. The van der Waals surface area contributed by atoms with Crippen LogP contribution in [0.5, 0.6) is 0 Å². The zero-order valence-corrected chi connectivity index (χ0v) is 11.3. The van der Waals surface area contributed by atoms with Crippen molar-refractivity contribution in [3.8, 4) is 0 Å². The van der Waals surface area contributed by atoms with Crippen LogP contribution in [0.25, 0.3) is 0 Å². The van der Waals surface area contributed by atoms with Gasteiger partial charge in [0.15, 0.2) is 0 Å². The molecular formula is C13H27NO2. The molecule has 0 aromatic carbocycles. The summed E-state index contributed by atoms with van der Waals surface area (Å²) < 4.78 is 5.23. The Kier molecular flexibility index (Phi) is 8.26. The maximum atomic E-state index is 11.4. The molecule has 0 aliphatic carbocycles. The van der Waals surface area contributed by atoms with Gasteiger partial charge in [0.25, 0.3) is 0 Å². The van der Waals surface area contributed by atoms with Crippen LogP contribution < -0.4 is 5.32 Å². The molecule has 0 unspecified atom stereocenters. The van der Waals surface area contributed by atoms with Crippen LogP contribution in [-0.2, 0) is 9.53 Å². The van der Waals surface area contributed by atoms with Crippen molar-refractivity contribution in [2.24, 2.45) is 0 Å². The standard InChI is InChI=1S/C13H27NO2/c1-5-10-14-11-8-6-7-9-12(15)16-13(2,3)4/h14H,5-11H2,1-4H3. The third kappa shape index (κ3) is 11.5. The molecule has 0 heterocycles. The lowest BCUT2D eigenvalue weighted by Crippen LogP contribution is -2.23. The van der Waals surface area contributed by atoms with Gasteiger partial charge >= 0.3 is 5.97 Å². The highest BCUT2D eigenvalue weighted by atomic mass is 16.6. The summed E-state index contributed by atoms with van der Waals surface area (Å²) in [6.45, 7) is 10.0. The van der Waals surface area contributed by atoms with Crippen molar-refractivity contribution >= 4 is 5.97 Å². The lowest BCUT2D eigenvalue weighted by Gasteiger charge is -2.19. The van der Waals surface area contributed by atoms with Crippen LogP contribution in [0.3, 0.4) is 0 Å². The first-order valence-corrected chi connectivity index (χ1v) is 6.38. The fourth-order valence-corrected chi connectivity index (χ4v) is 1.39. The van der Waals surface area contributed by atoms with Crippen LogP contribution in [0, 0.1) is 0 Å². The second kappa shape index (κ2) is 8.57. The number of carbonyl (C=O) groups is 1.